The van der Waals surface area contributed by atoms with Crippen LogP contribution in [-0.2, 0) is 4.74 Å². The van der Waals surface area contributed by atoms with Crippen molar-refractivity contribution in [3.05, 3.63) is 69.4 Å². The van der Waals surface area contributed by atoms with E-state index in [4.69, 9.17) is 4.74 Å². The zero-order chi connectivity index (χ0) is 15.4. The lowest BCUT2D eigenvalue weighted by Crippen LogP contribution is -2.14. The maximum Gasteiger partial charge on any atom is 0.339 e. The predicted octanol–water partition coefficient (Wildman–Crippen LogP) is 3.94. The first-order valence-electron chi connectivity index (χ1n) is 6.19. The number of benzene rings is 2. The first-order valence-corrected chi connectivity index (χ1v) is 6.98. The van der Waals surface area contributed by atoms with E-state index < -0.39 is 11.8 Å². The minimum Gasteiger partial charge on any atom is -0.454 e. The summed E-state index contributed by atoms with van der Waals surface area (Å²) < 4.78 is 18.2. The van der Waals surface area contributed by atoms with E-state index in [1.54, 1.807) is 12.1 Å². The molecule has 2 aromatic carbocycles. The number of halogens is 2. The van der Waals surface area contributed by atoms with Crippen LogP contribution in [0.1, 0.15) is 26.3 Å². The molecule has 0 saturated heterocycles. The van der Waals surface area contributed by atoms with Gasteiger partial charge in [0.25, 0.3) is 0 Å². The van der Waals surface area contributed by atoms with Crippen LogP contribution in [0.25, 0.3) is 0 Å². The maximum atomic E-state index is 12.9. The Morgan fingerprint density at radius 2 is 1.81 bits per heavy atom. The van der Waals surface area contributed by atoms with E-state index in [0.29, 0.717) is 5.56 Å². The van der Waals surface area contributed by atoms with Gasteiger partial charge in [-0.15, -0.1) is 0 Å². The molecular weight excluding hydrogens is 339 g/mol. The number of Topliss-reactive ketones (excluding diaryl/α,β-unsaturated/α-hetero) is 1. The lowest BCUT2D eigenvalue weighted by molar-refractivity contribution is 0.0474. The lowest BCUT2D eigenvalue weighted by atomic mass is 10.1. The molecule has 0 radical (unpaired) electrons. The summed E-state index contributed by atoms with van der Waals surface area (Å²) in [4.78, 5) is 23.7. The molecule has 21 heavy (non-hydrogen) atoms. The van der Waals surface area contributed by atoms with Gasteiger partial charge in [0, 0.05) is 10.0 Å². The Bertz CT molecular complexity index is 680. The van der Waals surface area contributed by atoms with Gasteiger partial charge in [0.2, 0.25) is 0 Å². The van der Waals surface area contributed by atoms with E-state index in [2.05, 4.69) is 15.9 Å². The van der Waals surface area contributed by atoms with Crippen LogP contribution in [0.5, 0.6) is 0 Å². The fourth-order valence-corrected chi connectivity index (χ4v) is 2.20. The molecule has 0 aliphatic heterocycles. The number of aryl methyl sites for hydroxylation is 1. The van der Waals surface area contributed by atoms with Crippen molar-refractivity contribution < 1.29 is 18.7 Å². The van der Waals surface area contributed by atoms with Gasteiger partial charge in [-0.2, -0.15) is 0 Å². The van der Waals surface area contributed by atoms with Gasteiger partial charge in [0.1, 0.15) is 5.82 Å². The molecule has 0 saturated carbocycles. The summed E-state index contributed by atoms with van der Waals surface area (Å²) in [6.07, 6.45) is 0. The molecule has 108 valence electrons. The van der Waals surface area contributed by atoms with Crippen molar-refractivity contribution in [1.82, 2.24) is 0 Å². The van der Waals surface area contributed by atoms with Crippen LogP contribution in [0.2, 0.25) is 0 Å². The van der Waals surface area contributed by atoms with Crippen LogP contribution in [-0.4, -0.2) is 18.4 Å². The van der Waals surface area contributed by atoms with E-state index in [1.165, 1.54) is 12.1 Å². The second kappa shape index (κ2) is 6.63. The molecule has 5 heteroatoms. The zero-order valence-corrected chi connectivity index (χ0v) is 12.8. The first-order chi connectivity index (χ1) is 9.97. The molecule has 0 aromatic heterocycles. The Morgan fingerprint density at radius 1 is 1.14 bits per heavy atom. The van der Waals surface area contributed by atoms with E-state index in [9.17, 15) is 14.0 Å². The van der Waals surface area contributed by atoms with Crippen molar-refractivity contribution in [3.63, 3.8) is 0 Å². The number of rotatable bonds is 4. The van der Waals surface area contributed by atoms with Crippen molar-refractivity contribution in [3.8, 4) is 0 Å². The molecule has 0 bridgehead atoms. The number of ether oxygens (including phenoxy) is 1. The molecule has 0 N–H and O–H groups in total. The van der Waals surface area contributed by atoms with Crippen LogP contribution < -0.4 is 0 Å². The molecule has 0 unspecified atom stereocenters. The van der Waals surface area contributed by atoms with E-state index in [0.717, 1.165) is 11.6 Å². The average molecular weight is 351 g/mol. The third kappa shape index (κ3) is 3.98. The Hall–Kier alpha value is -2.01. The highest BCUT2D eigenvalue weighted by Gasteiger charge is 2.14. The number of carbonyl (C=O) groups excluding carboxylic acids is 2. The minimum absolute atomic E-state index is 0.174. The quantitative estimate of drug-likeness (QED) is 0.619. The molecule has 0 amide bonds. The topological polar surface area (TPSA) is 43.4 Å². The zero-order valence-electron chi connectivity index (χ0n) is 11.2. The summed E-state index contributed by atoms with van der Waals surface area (Å²) in [5.41, 5.74) is 1.69. The second-order valence-electron chi connectivity index (χ2n) is 4.49. The first kappa shape index (κ1) is 15.4. The van der Waals surface area contributed by atoms with Gasteiger partial charge in [0.05, 0.1) is 5.56 Å². The van der Waals surface area contributed by atoms with Crippen molar-refractivity contribution >= 4 is 27.7 Å². The fraction of sp³-hybridized carbons (Fsp3) is 0.125. The Balaban J connectivity index is 2.00. The highest BCUT2D eigenvalue weighted by Crippen LogP contribution is 2.19. The standard InChI is InChI=1S/C16H12BrFO3/c1-10-2-4-11(5-3-10)15(19)9-21-16(20)13-7-6-12(18)8-14(13)17/h2-8H,9H2,1H3. The van der Waals surface area contributed by atoms with Gasteiger partial charge in [-0.1, -0.05) is 29.8 Å². The fourth-order valence-electron chi connectivity index (χ4n) is 1.69. The van der Waals surface area contributed by atoms with Crippen LogP contribution in [0.4, 0.5) is 4.39 Å². The third-order valence-electron chi connectivity index (χ3n) is 2.86. The van der Waals surface area contributed by atoms with E-state index in [-0.39, 0.29) is 22.4 Å². The van der Waals surface area contributed by atoms with Gasteiger partial charge >= 0.3 is 5.97 Å². The van der Waals surface area contributed by atoms with Gasteiger partial charge in [0.15, 0.2) is 12.4 Å². The molecule has 2 rings (SSSR count). The Morgan fingerprint density at radius 3 is 2.43 bits per heavy atom. The molecule has 0 aliphatic rings. The summed E-state index contributed by atoms with van der Waals surface area (Å²) in [6, 6.07) is 10.6. The van der Waals surface area contributed by atoms with E-state index in [1.807, 2.05) is 19.1 Å². The highest BCUT2D eigenvalue weighted by molar-refractivity contribution is 9.10. The van der Waals surface area contributed by atoms with Crippen LogP contribution in [0.15, 0.2) is 46.9 Å². The number of esters is 1. The van der Waals surface area contributed by atoms with Crippen LogP contribution in [0.3, 0.4) is 0 Å². The van der Waals surface area contributed by atoms with Crippen LogP contribution >= 0.6 is 15.9 Å². The van der Waals surface area contributed by atoms with Crippen molar-refractivity contribution in [2.45, 2.75) is 6.92 Å². The van der Waals surface area contributed by atoms with Gasteiger partial charge < -0.3 is 4.74 Å². The molecule has 2 aromatic rings. The Labute approximate surface area is 129 Å². The molecule has 0 heterocycles. The normalized spacial score (nSPS) is 10.2. The maximum absolute atomic E-state index is 12.9. The predicted molar refractivity (Wildman–Crippen MR) is 79.9 cm³/mol. The summed E-state index contributed by atoms with van der Waals surface area (Å²) in [7, 11) is 0. The van der Waals surface area contributed by atoms with Gasteiger partial charge in [-0.05, 0) is 41.1 Å². The molecule has 3 nitrogen and oxygen atoms in total. The molecule has 0 atom stereocenters. The number of carbonyl (C=O) groups is 2. The van der Waals surface area contributed by atoms with Crippen molar-refractivity contribution in [2.75, 3.05) is 6.61 Å². The minimum atomic E-state index is -0.678. The van der Waals surface area contributed by atoms with Crippen molar-refractivity contribution in [1.29, 1.82) is 0 Å². The molecular formula is C16H12BrFO3. The smallest absolute Gasteiger partial charge is 0.339 e. The van der Waals surface area contributed by atoms with Crippen LogP contribution in [0, 0.1) is 12.7 Å². The third-order valence-corrected chi connectivity index (χ3v) is 3.52. The summed E-state index contributed by atoms with van der Waals surface area (Å²) in [6.45, 7) is 1.56. The Kier molecular flexibility index (Phi) is 4.85. The lowest BCUT2D eigenvalue weighted by Gasteiger charge is -2.06. The monoisotopic (exact) mass is 350 g/mol. The largest absolute Gasteiger partial charge is 0.454 e. The summed E-state index contributed by atoms with van der Waals surface area (Å²) in [5.74, 6) is -1.43. The highest BCUT2D eigenvalue weighted by atomic mass is 79.9. The number of hydrogen-bond donors (Lipinski definition) is 0. The SMILES string of the molecule is Cc1ccc(C(=O)COC(=O)c2ccc(F)cc2Br)cc1. The molecule has 0 fully saturated rings. The molecule has 0 aliphatic carbocycles. The second-order valence-corrected chi connectivity index (χ2v) is 5.34. The van der Waals surface area contributed by atoms with Crippen molar-refractivity contribution in [2.24, 2.45) is 0 Å². The van der Waals surface area contributed by atoms with E-state index >= 15 is 0 Å². The molecule has 0 spiro atoms. The van der Waals surface area contributed by atoms with Gasteiger partial charge in [-0.25, -0.2) is 9.18 Å². The summed E-state index contributed by atoms with van der Waals surface area (Å²) in [5, 5.41) is 0. The average Bonchev–Trinajstić information content (AvgIpc) is 2.45. The number of ketones is 1. The van der Waals surface area contributed by atoms with Gasteiger partial charge in [-0.3, -0.25) is 4.79 Å². The summed E-state index contributed by atoms with van der Waals surface area (Å²) >= 11 is 3.08. The number of hydrogen-bond acceptors (Lipinski definition) is 3.